The standard InChI is InChI=1S/C7H10ClN3/c8-7-10-9-5-11(7)4-6-2-1-3-6/h5-6H,1-4H2. The summed E-state index contributed by atoms with van der Waals surface area (Å²) in [6, 6.07) is 0. The third kappa shape index (κ3) is 1.38. The minimum atomic E-state index is 0.511. The quantitative estimate of drug-likeness (QED) is 0.679. The zero-order chi connectivity index (χ0) is 7.68. The van der Waals surface area contributed by atoms with E-state index in [0.717, 1.165) is 12.5 Å². The van der Waals surface area contributed by atoms with Crippen LogP contribution in [0.3, 0.4) is 0 Å². The van der Waals surface area contributed by atoms with Crippen molar-refractivity contribution in [3.05, 3.63) is 11.6 Å². The fraction of sp³-hybridized carbons (Fsp3) is 0.714. The maximum absolute atomic E-state index is 5.75. The van der Waals surface area contributed by atoms with Gasteiger partial charge in [-0.2, -0.15) is 0 Å². The molecule has 0 radical (unpaired) electrons. The van der Waals surface area contributed by atoms with E-state index in [2.05, 4.69) is 10.2 Å². The highest BCUT2D eigenvalue weighted by molar-refractivity contribution is 6.28. The minimum absolute atomic E-state index is 0.511. The maximum atomic E-state index is 5.75. The van der Waals surface area contributed by atoms with E-state index < -0.39 is 0 Å². The molecule has 1 aliphatic carbocycles. The number of rotatable bonds is 2. The van der Waals surface area contributed by atoms with Crippen molar-refractivity contribution in [2.75, 3.05) is 0 Å². The Morgan fingerprint density at radius 1 is 1.64 bits per heavy atom. The van der Waals surface area contributed by atoms with Crippen LogP contribution in [-0.4, -0.2) is 14.8 Å². The lowest BCUT2D eigenvalue weighted by atomic mass is 9.85. The van der Waals surface area contributed by atoms with Crippen molar-refractivity contribution < 1.29 is 0 Å². The molecule has 1 fully saturated rings. The van der Waals surface area contributed by atoms with Crippen molar-refractivity contribution in [3.63, 3.8) is 0 Å². The van der Waals surface area contributed by atoms with Crippen molar-refractivity contribution in [1.82, 2.24) is 14.8 Å². The first-order chi connectivity index (χ1) is 5.36. The molecule has 1 aromatic heterocycles. The van der Waals surface area contributed by atoms with E-state index >= 15 is 0 Å². The topological polar surface area (TPSA) is 30.7 Å². The van der Waals surface area contributed by atoms with E-state index in [-0.39, 0.29) is 0 Å². The van der Waals surface area contributed by atoms with Crippen molar-refractivity contribution in [3.8, 4) is 0 Å². The molecule has 0 aromatic carbocycles. The lowest BCUT2D eigenvalue weighted by Crippen LogP contribution is -2.17. The zero-order valence-electron chi connectivity index (χ0n) is 6.20. The van der Waals surface area contributed by atoms with Crippen LogP contribution in [-0.2, 0) is 6.54 Å². The smallest absolute Gasteiger partial charge is 0.224 e. The fourth-order valence-corrected chi connectivity index (χ4v) is 1.47. The molecule has 1 saturated carbocycles. The molecular weight excluding hydrogens is 162 g/mol. The molecule has 3 nitrogen and oxygen atoms in total. The number of halogens is 1. The molecule has 1 aromatic rings. The third-order valence-corrected chi connectivity index (χ3v) is 2.54. The Morgan fingerprint density at radius 3 is 2.91 bits per heavy atom. The number of hydrogen-bond acceptors (Lipinski definition) is 2. The molecule has 0 spiro atoms. The molecule has 11 heavy (non-hydrogen) atoms. The van der Waals surface area contributed by atoms with Gasteiger partial charge in [-0.15, -0.1) is 10.2 Å². The zero-order valence-corrected chi connectivity index (χ0v) is 6.96. The normalized spacial score (nSPS) is 18.3. The molecule has 4 heteroatoms. The van der Waals surface area contributed by atoms with E-state index in [0.29, 0.717) is 5.28 Å². The van der Waals surface area contributed by atoms with Crippen LogP contribution in [0.4, 0.5) is 0 Å². The second-order valence-electron chi connectivity index (χ2n) is 3.05. The summed E-state index contributed by atoms with van der Waals surface area (Å²) in [7, 11) is 0. The fourth-order valence-electron chi connectivity index (χ4n) is 1.32. The highest BCUT2D eigenvalue weighted by Crippen LogP contribution is 2.28. The van der Waals surface area contributed by atoms with Gasteiger partial charge in [0.2, 0.25) is 5.28 Å². The molecule has 2 rings (SSSR count). The number of nitrogens with zero attached hydrogens (tertiary/aromatic N) is 3. The average Bonchev–Trinajstić information content (AvgIpc) is 2.27. The van der Waals surface area contributed by atoms with Crippen molar-refractivity contribution >= 4 is 11.6 Å². The molecule has 60 valence electrons. The van der Waals surface area contributed by atoms with Crippen molar-refractivity contribution in [2.24, 2.45) is 5.92 Å². The first-order valence-electron chi connectivity index (χ1n) is 3.89. The molecule has 0 unspecified atom stereocenters. The first kappa shape index (κ1) is 7.10. The van der Waals surface area contributed by atoms with Gasteiger partial charge in [0.15, 0.2) is 0 Å². The minimum Gasteiger partial charge on any atom is -0.304 e. The van der Waals surface area contributed by atoms with Gasteiger partial charge in [-0.25, -0.2) is 0 Å². The van der Waals surface area contributed by atoms with Gasteiger partial charge in [0.25, 0.3) is 0 Å². The Labute approximate surface area is 70.4 Å². The molecule has 0 N–H and O–H groups in total. The number of hydrogen-bond donors (Lipinski definition) is 0. The Morgan fingerprint density at radius 2 is 2.45 bits per heavy atom. The second-order valence-corrected chi connectivity index (χ2v) is 3.39. The van der Waals surface area contributed by atoms with E-state index in [1.165, 1.54) is 19.3 Å². The Hall–Kier alpha value is -0.570. The summed E-state index contributed by atoms with van der Waals surface area (Å²) >= 11 is 5.75. The monoisotopic (exact) mass is 171 g/mol. The molecule has 1 heterocycles. The van der Waals surface area contributed by atoms with Crippen LogP contribution >= 0.6 is 11.6 Å². The first-order valence-corrected chi connectivity index (χ1v) is 4.27. The maximum Gasteiger partial charge on any atom is 0.224 e. The molecule has 0 amide bonds. The summed E-state index contributed by atoms with van der Waals surface area (Å²) < 4.78 is 1.91. The van der Waals surface area contributed by atoms with Crippen LogP contribution in [0, 0.1) is 5.92 Å². The van der Waals surface area contributed by atoms with Crippen molar-refractivity contribution in [1.29, 1.82) is 0 Å². The Bertz CT molecular complexity index is 242. The van der Waals surface area contributed by atoms with E-state index in [9.17, 15) is 0 Å². The third-order valence-electron chi connectivity index (χ3n) is 2.25. The highest BCUT2D eigenvalue weighted by atomic mass is 35.5. The van der Waals surface area contributed by atoms with Crippen molar-refractivity contribution in [2.45, 2.75) is 25.8 Å². The van der Waals surface area contributed by atoms with E-state index in [1.54, 1.807) is 6.33 Å². The van der Waals surface area contributed by atoms with Gasteiger partial charge in [-0.1, -0.05) is 6.42 Å². The van der Waals surface area contributed by atoms with Crippen LogP contribution in [0.2, 0.25) is 5.28 Å². The van der Waals surface area contributed by atoms with Gasteiger partial charge in [-0.05, 0) is 30.4 Å². The van der Waals surface area contributed by atoms with Gasteiger partial charge in [0.05, 0.1) is 0 Å². The summed E-state index contributed by atoms with van der Waals surface area (Å²) in [5.74, 6) is 0.809. The van der Waals surface area contributed by atoms with Gasteiger partial charge in [-0.3, -0.25) is 0 Å². The molecule has 1 aliphatic rings. The number of aromatic nitrogens is 3. The van der Waals surface area contributed by atoms with Crippen LogP contribution in [0.5, 0.6) is 0 Å². The highest BCUT2D eigenvalue weighted by Gasteiger charge is 2.18. The van der Waals surface area contributed by atoms with Crippen LogP contribution in [0.25, 0.3) is 0 Å². The van der Waals surface area contributed by atoms with E-state index in [1.807, 2.05) is 4.57 Å². The summed E-state index contributed by atoms with van der Waals surface area (Å²) in [4.78, 5) is 0. The van der Waals surface area contributed by atoms with E-state index in [4.69, 9.17) is 11.6 Å². The molecule has 0 aliphatic heterocycles. The lowest BCUT2D eigenvalue weighted by molar-refractivity contribution is 0.276. The lowest BCUT2D eigenvalue weighted by Gasteiger charge is -2.25. The van der Waals surface area contributed by atoms with Crippen LogP contribution in [0.1, 0.15) is 19.3 Å². The molecule has 0 saturated heterocycles. The summed E-state index contributed by atoms with van der Waals surface area (Å²) in [5, 5.41) is 7.93. The van der Waals surface area contributed by atoms with Gasteiger partial charge < -0.3 is 4.57 Å². The summed E-state index contributed by atoms with van der Waals surface area (Å²) in [5.41, 5.74) is 0. The predicted molar refractivity (Wildman–Crippen MR) is 42.4 cm³/mol. The van der Waals surface area contributed by atoms with Gasteiger partial charge in [0, 0.05) is 6.54 Å². The van der Waals surface area contributed by atoms with Gasteiger partial charge in [0.1, 0.15) is 6.33 Å². The predicted octanol–water partition coefficient (Wildman–Crippen LogP) is 1.73. The van der Waals surface area contributed by atoms with Crippen LogP contribution < -0.4 is 0 Å². The Kier molecular flexibility index (Phi) is 1.82. The second kappa shape index (κ2) is 2.81. The average molecular weight is 172 g/mol. The summed E-state index contributed by atoms with van der Waals surface area (Å²) in [6.07, 6.45) is 5.72. The summed E-state index contributed by atoms with van der Waals surface area (Å²) in [6.45, 7) is 0.992. The molecular formula is C7H10ClN3. The largest absolute Gasteiger partial charge is 0.304 e. The Balaban J connectivity index is 1.99. The van der Waals surface area contributed by atoms with Gasteiger partial charge >= 0.3 is 0 Å². The van der Waals surface area contributed by atoms with Crippen LogP contribution in [0.15, 0.2) is 6.33 Å². The molecule has 0 atom stereocenters. The SMILES string of the molecule is Clc1nncn1CC1CCC1. The molecule has 0 bridgehead atoms.